The molecule has 0 aliphatic carbocycles. The number of aromatic nitrogens is 2. The average Bonchev–Trinajstić information content (AvgIpc) is 2.93. The predicted octanol–water partition coefficient (Wildman–Crippen LogP) is 3.43. The molecule has 23 heavy (non-hydrogen) atoms. The first-order chi connectivity index (χ1) is 11.4. The number of fused-ring (bicyclic) bond motifs is 1. The first-order valence-electron chi connectivity index (χ1n) is 8.11. The fraction of sp³-hybridized carbons (Fsp3) is 0.316. The summed E-state index contributed by atoms with van der Waals surface area (Å²) in [5.74, 6) is 1.87. The Bertz CT molecular complexity index is 737. The van der Waals surface area contributed by atoms with Crippen LogP contribution in [0.2, 0.25) is 0 Å². The van der Waals surface area contributed by atoms with Crippen molar-refractivity contribution in [2.24, 2.45) is 0 Å². The number of hydrogen-bond donors (Lipinski definition) is 1. The molecule has 0 saturated carbocycles. The molecule has 0 amide bonds. The highest BCUT2D eigenvalue weighted by Crippen LogP contribution is 2.17. The lowest BCUT2D eigenvalue weighted by Crippen LogP contribution is -2.07. The molecule has 4 heteroatoms. The van der Waals surface area contributed by atoms with Gasteiger partial charge in [-0.2, -0.15) is 0 Å². The monoisotopic (exact) mass is 310 g/mol. The van der Waals surface area contributed by atoms with E-state index in [9.17, 15) is 5.11 Å². The molecule has 0 bridgehead atoms. The van der Waals surface area contributed by atoms with E-state index in [0.717, 1.165) is 42.0 Å². The Hall–Kier alpha value is -2.33. The largest absolute Gasteiger partial charge is 0.494 e. The standard InChI is InChI=1S/C19H22N2O2/c22-14-12-19-20-17-10-4-5-11-18(17)21(19)13-6-7-15-23-16-8-2-1-3-9-16/h1-5,8-11,22H,6-7,12-15H2. The van der Waals surface area contributed by atoms with Crippen molar-refractivity contribution in [2.75, 3.05) is 13.2 Å². The Morgan fingerprint density at radius 3 is 2.57 bits per heavy atom. The van der Waals surface area contributed by atoms with Gasteiger partial charge >= 0.3 is 0 Å². The fourth-order valence-corrected chi connectivity index (χ4v) is 2.74. The molecule has 2 aromatic carbocycles. The van der Waals surface area contributed by atoms with Crippen LogP contribution in [-0.2, 0) is 13.0 Å². The SMILES string of the molecule is OCCc1nc2ccccc2n1CCCCOc1ccccc1. The summed E-state index contributed by atoms with van der Waals surface area (Å²) in [5.41, 5.74) is 2.14. The highest BCUT2D eigenvalue weighted by molar-refractivity contribution is 5.75. The molecular formula is C19H22N2O2. The molecule has 0 fully saturated rings. The maximum atomic E-state index is 9.23. The quantitative estimate of drug-likeness (QED) is 0.648. The molecular weight excluding hydrogens is 288 g/mol. The third-order valence-corrected chi connectivity index (χ3v) is 3.86. The molecule has 0 unspecified atom stereocenters. The number of aliphatic hydroxyl groups excluding tert-OH is 1. The van der Waals surface area contributed by atoms with E-state index in [4.69, 9.17) is 4.74 Å². The lowest BCUT2D eigenvalue weighted by Gasteiger charge is -2.09. The molecule has 0 aliphatic heterocycles. The molecule has 1 N–H and O–H groups in total. The van der Waals surface area contributed by atoms with Crippen molar-refractivity contribution < 1.29 is 9.84 Å². The van der Waals surface area contributed by atoms with Crippen LogP contribution < -0.4 is 4.74 Å². The van der Waals surface area contributed by atoms with Crippen molar-refractivity contribution in [3.05, 3.63) is 60.4 Å². The molecule has 0 radical (unpaired) electrons. The Labute approximate surface area is 136 Å². The Morgan fingerprint density at radius 1 is 0.957 bits per heavy atom. The number of ether oxygens (including phenoxy) is 1. The van der Waals surface area contributed by atoms with Crippen LogP contribution in [0.5, 0.6) is 5.75 Å². The number of hydrogen-bond acceptors (Lipinski definition) is 3. The van der Waals surface area contributed by atoms with E-state index in [0.29, 0.717) is 13.0 Å². The van der Waals surface area contributed by atoms with E-state index in [1.165, 1.54) is 0 Å². The maximum absolute atomic E-state index is 9.23. The van der Waals surface area contributed by atoms with Crippen molar-refractivity contribution in [1.29, 1.82) is 0 Å². The first kappa shape index (κ1) is 15.6. The predicted molar refractivity (Wildman–Crippen MR) is 91.7 cm³/mol. The van der Waals surface area contributed by atoms with Gasteiger partial charge in [0.2, 0.25) is 0 Å². The van der Waals surface area contributed by atoms with Gasteiger partial charge in [-0.3, -0.25) is 0 Å². The molecule has 1 heterocycles. The molecule has 0 atom stereocenters. The van der Waals surface area contributed by atoms with Gasteiger partial charge in [0.25, 0.3) is 0 Å². The highest BCUT2D eigenvalue weighted by Gasteiger charge is 2.09. The van der Waals surface area contributed by atoms with Crippen LogP contribution in [0.3, 0.4) is 0 Å². The average molecular weight is 310 g/mol. The van der Waals surface area contributed by atoms with Crippen molar-refractivity contribution in [3.8, 4) is 5.75 Å². The summed E-state index contributed by atoms with van der Waals surface area (Å²) in [6, 6.07) is 18.0. The van der Waals surface area contributed by atoms with Gasteiger partial charge in [0.05, 0.1) is 24.2 Å². The number of aryl methyl sites for hydroxylation is 1. The summed E-state index contributed by atoms with van der Waals surface area (Å²) in [7, 11) is 0. The minimum Gasteiger partial charge on any atom is -0.494 e. The van der Waals surface area contributed by atoms with Crippen molar-refractivity contribution in [3.63, 3.8) is 0 Å². The molecule has 1 aromatic heterocycles. The van der Waals surface area contributed by atoms with Crippen LogP contribution >= 0.6 is 0 Å². The highest BCUT2D eigenvalue weighted by atomic mass is 16.5. The topological polar surface area (TPSA) is 47.3 Å². The molecule has 0 saturated heterocycles. The van der Waals surface area contributed by atoms with Gasteiger partial charge in [-0.05, 0) is 37.1 Å². The zero-order chi connectivity index (χ0) is 15.9. The van der Waals surface area contributed by atoms with Crippen LogP contribution in [0.25, 0.3) is 11.0 Å². The second-order valence-electron chi connectivity index (χ2n) is 5.51. The molecule has 3 rings (SSSR count). The number of rotatable bonds is 8. The summed E-state index contributed by atoms with van der Waals surface area (Å²) >= 11 is 0. The van der Waals surface area contributed by atoms with Gasteiger partial charge < -0.3 is 14.4 Å². The smallest absolute Gasteiger partial charge is 0.119 e. The Balaban J connectivity index is 1.57. The number of benzene rings is 2. The van der Waals surface area contributed by atoms with Crippen LogP contribution in [0, 0.1) is 0 Å². The van der Waals surface area contributed by atoms with Gasteiger partial charge in [0, 0.05) is 13.0 Å². The van der Waals surface area contributed by atoms with E-state index in [-0.39, 0.29) is 6.61 Å². The van der Waals surface area contributed by atoms with Crippen molar-refractivity contribution >= 4 is 11.0 Å². The third kappa shape index (κ3) is 3.90. The van der Waals surface area contributed by atoms with Gasteiger partial charge in [-0.1, -0.05) is 30.3 Å². The number of unbranched alkanes of at least 4 members (excludes halogenated alkanes) is 1. The third-order valence-electron chi connectivity index (χ3n) is 3.86. The van der Waals surface area contributed by atoms with E-state index in [1.807, 2.05) is 48.5 Å². The first-order valence-corrected chi connectivity index (χ1v) is 8.11. The van der Waals surface area contributed by atoms with Gasteiger partial charge in [-0.15, -0.1) is 0 Å². The van der Waals surface area contributed by atoms with E-state index in [1.54, 1.807) is 0 Å². The van der Waals surface area contributed by atoms with Crippen LogP contribution in [0.1, 0.15) is 18.7 Å². The summed E-state index contributed by atoms with van der Waals surface area (Å²) < 4.78 is 7.94. The minimum absolute atomic E-state index is 0.125. The normalized spacial score (nSPS) is 11.0. The number of nitrogens with zero attached hydrogens (tertiary/aromatic N) is 2. The van der Waals surface area contributed by atoms with Crippen LogP contribution in [0.4, 0.5) is 0 Å². The Morgan fingerprint density at radius 2 is 1.74 bits per heavy atom. The van der Waals surface area contributed by atoms with E-state index in [2.05, 4.69) is 15.6 Å². The van der Waals surface area contributed by atoms with E-state index < -0.39 is 0 Å². The zero-order valence-corrected chi connectivity index (χ0v) is 13.2. The van der Waals surface area contributed by atoms with Crippen molar-refractivity contribution in [1.82, 2.24) is 9.55 Å². The summed E-state index contributed by atoms with van der Waals surface area (Å²) in [6.07, 6.45) is 2.60. The fourth-order valence-electron chi connectivity index (χ4n) is 2.74. The Kier molecular flexibility index (Phi) is 5.27. The lowest BCUT2D eigenvalue weighted by atomic mass is 10.3. The summed E-state index contributed by atoms with van der Waals surface area (Å²) in [5, 5.41) is 9.23. The zero-order valence-electron chi connectivity index (χ0n) is 13.2. The number of para-hydroxylation sites is 3. The minimum atomic E-state index is 0.125. The van der Waals surface area contributed by atoms with E-state index >= 15 is 0 Å². The molecule has 4 nitrogen and oxygen atoms in total. The molecule has 0 aliphatic rings. The van der Waals surface area contributed by atoms with Crippen LogP contribution in [-0.4, -0.2) is 27.9 Å². The van der Waals surface area contributed by atoms with Gasteiger partial charge in [-0.25, -0.2) is 4.98 Å². The maximum Gasteiger partial charge on any atom is 0.119 e. The summed E-state index contributed by atoms with van der Waals surface area (Å²) in [4.78, 5) is 4.62. The van der Waals surface area contributed by atoms with Gasteiger partial charge in [0.15, 0.2) is 0 Å². The molecule has 3 aromatic rings. The lowest BCUT2D eigenvalue weighted by molar-refractivity contribution is 0.292. The van der Waals surface area contributed by atoms with Crippen molar-refractivity contribution in [2.45, 2.75) is 25.8 Å². The molecule has 0 spiro atoms. The number of aliphatic hydroxyl groups is 1. The van der Waals surface area contributed by atoms with Crippen LogP contribution in [0.15, 0.2) is 54.6 Å². The van der Waals surface area contributed by atoms with Gasteiger partial charge in [0.1, 0.15) is 11.6 Å². The second kappa shape index (κ2) is 7.79. The summed E-state index contributed by atoms with van der Waals surface area (Å²) in [6.45, 7) is 1.74. The number of imidazole rings is 1. The second-order valence-corrected chi connectivity index (χ2v) is 5.51. The molecule has 120 valence electrons.